The van der Waals surface area contributed by atoms with Crippen LogP contribution in [-0.4, -0.2) is 70.8 Å². The van der Waals surface area contributed by atoms with Crippen molar-refractivity contribution in [1.82, 2.24) is 19.7 Å². The molecule has 5 rings (SSSR count). The summed E-state index contributed by atoms with van der Waals surface area (Å²) in [5.41, 5.74) is 1.68. The molecule has 2 aromatic rings. The van der Waals surface area contributed by atoms with Gasteiger partial charge in [-0.3, -0.25) is 14.5 Å². The molecule has 2 heterocycles. The number of hydrogen-bond donors (Lipinski definition) is 1. The lowest BCUT2D eigenvalue weighted by Crippen LogP contribution is -2.56. The standard InChI is InChI=1S/C29H38N4O3/c1-31(2)29(24-9-4-3-5-10-24)15-13-28(14-16-29)21-32(27(36)33(28)19-22-7-6-8-22)20-25(34)17-23-11-12-26(35)30-18-23/h3-5,9-12,18,22H,6-8,13-17,19-21H2,1-2H3,(H,30,35). The third-order valence-corrected chi connectivity index (χ3v) is 9.02. The average Bonchev–Trinajstić information content (AvgIpc) is 3.08. The fraction of sp³-hybridized carbons (Fsp3) is 0.552. The minimum Gasteiger partial charge on any atom is -0.329 e. The molecule has 0 bridgehead atoms. The van der Waals surface area contributed by atoms with Crippen molar-refractivity contribution in [2.24, 2.45) is 5.92 Å². The summed E-state index contributed by atoms with van der Waals surface area (Å²) in [7, 11) is 4.33. The minimum atomic E-state index is -0.209. The van der Waals surface area contributed by atoms with Crippen LogP contribution in [0.3, 0.4) is 0 Å². The summed E-state index contributed by atoms with van der Waals surface area (Å²) >= 11 is 0. The van der Waals surface area contributed by atoms with Gasteiger partial charge in [0.1, 0.15) is 0 Å². The molecule has 7 nitrogen and oxygen atoms in total. The summed E-state index contributed by atoms with van der Waals surface area (Å²) in [6.45, 7) is 1.55. The summed E-state index contributed by atoms with van der Waals surface area (Å²) in [5.74, 6) is 0.580. The molecule has 2 aliphatic carbocycles. The predicted octanol–water partition coefficient (Wildman–Crippen LogP) is 3.79. The Morgan fingerprint density at radius 2 is 1.75 bits per heavy atom. The van der Waals surface area contributed by atoms with E-state index in [0.717, 1.165) is 37.8 Å². The number of aromatic nitrogens is 1. The number of ketones is 1. The van der Waals surface area contributed by atoms with E-state index < -0.39 is 0 Å². The van der Waals surface area contributed by atoms with Gasteiger partial charge in [-0.25, -0.2) is 4.79 Å². The van der Waals surface area contributed by atoms with Crippen LogP contribution in [-0.2, 0) is 16.8 Å². The van der Waals surface area contributed by atoms with E-state index in [0.29, 0.717) is 12.5 Å². The number of nitrogens with zero attached hydrogens (tertiary/aromatic N) is 3. The smallest absolute Gasteiger partial charge is 0.321 e. The van der Waals surface area contributed by atoms with Gasteiger partial charge in [0.25, 0.3) is 0 Å². The molecule has 3 fully saturated rings. The SMILES string of the molecule is CN(C)C1(c2ccccc2)CCC2(CC1)CN(CC(=O)Cc1ccc(=O)[nH]c1)C(=O)N2CC1CCC1. The average molecular weight is 491 g/mol. The van der Waals surface area contributed by atoms with E-state index in [4.69, 9.17) is 0 Å². The molecule has 1 aromatic heterocycles. The Kier molecular flexibility index (Phi) is 6.77. The Morgan fingerprint density at radius 3 is 2.33 bits per heavy atom. The molecule has 1 spiro atoms. The second-order valence-corrected chi connectivity index (χ2v) is 11.3. The van der Waals surface area contributed by atoms with Gasteiger partial charge < -0.3 is 14.8 Å². The van der Waals surface area contributed by atoms with Crippen LogP contribution >= 0.6 is 0 Å². The third kappa shape index (κ3) is 4.61. The third-order valence-electron chi connectivity index (χ3n) is 9.02. The number of rotatable bonds is 8. The van der Waals surface area contributed by atoms with E-state index in [1.807, 2.05) is 0 Å². The molecule has 0 radical (unpaired) electrons. The Bertz CT molecular complexity index is 1130. The van der Waals surface area contributed by atoms with Crippen molar-refractivity contribution in [3.05, 3.63) is 70.1 Å². The topological polar surface area (TPSA) is 76.7 Å². The van der Waals surface area contributed by atoms with Crippen molar-refractivity contribution in [3.8, 4) is 0 Å². The number of H-pyrrole nitrogens is 1. The van der Waals surface area contributed by atoms with Crippen LogP contribution in [0.5, 0.6) is 0 Å². The van der Waals surface area contributed by atoms with E-state index in [1.165, 1.54) is 30.9 Å². The first kappa shape index (κ1) is 24.8. The van der Waals surface area contributed by atoms with Gasteiger partial charge in [-0.15, -0.1) is 0 Å². The lowest BCUT2D eigenvalue weighted by molar-refractivity contribution is -0.119. The van der Waals surface area contributed by atoms with Crippen molar-refractivity contribution in [2.75, 3.05) is 33.7 Å². The van der Waals surface area contributed by atoms with Gasteiger partial charge in [0.05, 0.1) is 12.1 Å². The zero-order valence-electron chi connectivity index (χ0n) is 21.5. The molecule has 1 aromatic carbocycles. The summed E-state index contributed by atoms with van der Waals surface area (Å²) in [6, 6.07) is 13.9. The van der Waals surface area contributed by atoms with Crippen molar-refractivity contribution in [2.45, 2.75) is 62.4 Å². The molecule has 0 atom stereocenters. The monoisotopic (exact) mass is 490 g/mol. The van der Waals surface area contributed by atoms with Gasteiger partial charge in [-0.1, -0.05) is 42.8 Å². The number of carbonyl (C=O) groups excluding carboxylic acids is 2. The van der Waals surface area contributed by atoms with E-state index in [-0.39, 0.29) is 41.4 Å². The molecule has 1 N–H and O–H groups in total. The second-order valence-electron chi connectivity index (χ2n) is 11.3. The maximum Gasteiger partial charge on any atom is 0.321 e. The Hall–Kier alpha value is -2.93. The molecular weight excluding hydrogens is 452 g/mol. The van der Waals surface area contributed by atoms with E-state index in [9.17, 15) is 14.4 Å². The van der Waals surface area contributed by atoms with Crippen LogP contribution in [0.15, 0.2) is 53.5 Å². The van der Waals surface area contributed by atoms with Crippen molar-refractivity contribution >= 4 is 11.8 Å². The summed E-state index contributed by atoms with van der Waals surface area (Å²) in [4.78, 5) is 46.9. The van der Waals surface area contributed by atoms with E-state index >= 15 is 0 Å². The highest BCUT2D eigenvalue weighted by Crippen LogP contribution is 2.49. The molecule has 3 aliphatic rings. The largest absolute Gasteiger partial charge is 0.329 e. The van der Waals surface area contributed by atoms with Gasteiger partial charge in [-0.2, -0.15) is 0 Å². The summed E-state index contributed by atoms with van der Waals surface area (Å²) < 4.78 is 0. The van der Waals surface area contributed by atoms with Crippen LogP contribution in [0.4, 0.5) is 4.79 Å². The number of Topliss-reactive ketones (excluding diaryl/α,β-unsaturated/α-hetero) is 1. The maximum absolute atomic E-state index is 13.7. The van der Waals surface area contributed by atoms with Crippen molar-refractivity contribution in [3.63, 3.8) is 0 Å². The van der Waals surface area contributed by atoms with Gasteiger partial charge in [0.15, 0.2) is 5.78 Å². The summed E-state index contributed by atoms with van der Waals surface area (Å²) in [6.07, 6.45) is 9.27. The fourth-order valence-corrected chi connectivity index (χ4v) is 6.56. The zero-order chi connectivity index (χ0) is 25.3. The second kappa shape index (κ2) is 9.85. The zero-order valence-corrected chi connectivity index (χ0v) is 21.5. The minimum absolute atomic E-state index is 0.00113. The molecule has 192 valence electrons. The molecule has 2 saturated carbocycles. The number of aromatic amines is 1. The van der Waals surface area contributed by atoms with Gasteiger partial charge >= 0.3 is 6.03 Å². The van der Waals surface area contributed by atoms with Crippen LogP contribution in [0.25, 0.3) is 0 Å². The quantitative estimate of drug-likeness (QED) is 0.611. The van der Waals surface area contributed by atoms with Crippen LogP contribution < -0.4 is 5.56 Å². The highest BCUT2D eigenvalue weighted by atomic mass is 16.2. The number of nitrogens with one attached hydrogen (secondary N) is 1. The fourth-order valence-electron chi connectivity index (χ4n) is 6.56. The Morgan fingerprint density at radius 1 is 1.03 bits per heavy atom. The normalized spacial score (nSPS) is 26.6. The first-order valence-corrected chi connectivity index (χ1v) is 13.3. The first-order valence-electron chi connectivity index (χ1n) is 13.3. The van der Waals surface area contributed by atoms with Gasteiger partial charge in [0.2, 0.25) is 5.56 Å². The Labute approximate surface area is 213 Å². The summed E-state index contributed by atoms with van der Waals surface area (Å²) in [5, 5.41) is 0. The van der Waals surface area contributed by atoms with Crippen molar-refractivity contribution < 1.29 is 9.59 Å². The van der Waals surface area contributed by atoms with Gasteiger partial charge in [-0.05, 0) is 69.7 Å². The molecule has 2 amide bonds. The molecule has 1 saturated heterocycles. The lowest BCUT2D eigenvalue weighted by Gasteiger charge is -2.51. The molecular formula is C29H38N4O3. The first-order chi connectivity index (χ1) is 17.3. The maximum atomic E-state index is 13.7. The van der Waals surface area contributed by atoms with Crippen LogP contribution in [0.2, 0.25) is 0 Å². The Balaban J connectivity index is 1.34. The molecule has 7 heteroatoms. The number of carbonyl (C=O) groups is 2. The lowest BCUT2D eigenvalue weighted by atomic mass is 9.68. The highest BCUT2D eigenvalue weighted by Gasteiger charge is 2.55. The molecule has 1 aliphatic heterocycles. The highest BCUT2D eigenvalue weighted by molar-refractivity contribution is 5.88. The van der Waals surface area contributed by atoms with Crippen LogP contribution in [0.1, 0.15) is 56.1 Å². The number of urea groups is 1. The molecule has 0 unspecified atom stereocenters. The number of pyridine rings is 1. The number of amides is 2. The van der Waals surface area contributed by atoms with E-state index in [1.54, 1.807) is 17.2 Å². The number of benzene rings is 1. The van der Waals surface area contributed by atoms with E-state index in [2.05, 4.69) is 59.2 Å². The number of hydrogen-bond acceptors (Lipinski definition) is 4. The molecule has 36 heavy (non-hydrogen) atoms. The predicted molar refractivity (Wildman–Crippen MR) is 140 cm³/mol. The van der Waals surface area contributed by atoms with Crippen molar-refractivity contribution in [1.29, 1.82) is 0 Å². The van der Waals surface area contributed by atoms with Crippen LogP contribution in [0, 0.1) is 5.92 Å². The van der Waals surface area contributed by atoms with Gasteiger partial charge in [0, 0.05) is 37.3 Å².